The highest BCUT2D eigenvalue weighted by atomic mass is 32.2. The molecule has 0 radical (unpaired) electrons. The van der Waals surface area contributed by atoms with Crippen molar-refractivity contribution in [3.63, 3.8) is 0 Å². The first-order valence-corrected chi connectivity index (χ1v) is 20.4. The Hall–Kier alpha value is -3.72. The Balaban J connectivity index is 0.773. The molecule has 0 saturated carbocycles. The van der Waals surface area contributed by atoms with E-state index in [1.807, 2.05) is 12.1 Å². The number of H-pyrrole nitrogens is 1. The molecule has 0 aliphatic carbocycles. The van der Waals surface area contributed by atoms with E-state index in [-0.39, 0.29) is 23.2 Å². The molecule has 3 unspecified atom stereocenters. The number of nitrogens with zero attached hydrogens (tertiary/aromatic N) is 4. The number of hydrogen-bond acceptors (Lipinski definition) is 11. The van der Waals surface area contributed by atoms with Gasteiger partial charge in [0, 0.05) is 86.7 Å². The number of carbonyl (C=O) groups is 2. The number of likely N-dealkylation sites (tertiary alicyclic amines) is 2. The molecule has 12 nitrogen and oxygen atoms in total. The van der Waals surface area contributed by atoms with Crippen molar-refractivity contribution in [2.75, 3.05) is 69.3 Å². The molecule has 3 N–H and O–H groups in total. The molecule has 8 rings (SSSR count). The van der Waals surface area contributed by atoms with Crippen molar-refractivity contribution in [2.45, 2.75) is 80.5 Å². The third kappa shape index (κ3) is 8.66. The lowest BCUT2D eigenvalue weighted by Gasteiger charge is -2.43. The van der Waals surface area contributed by atoms with Gasteiger partial charge in [-0.3, -0.25) is 24.6 Å². The number of aromatic amines is 1. The predicted octanol–water partition coefficient (Wildman–Crippen LogP) is 4.14. The fourth-order valence-electron chi connectivity index (χ4n) is 8.67. The fraction of sp³-hybridized carbons (Fsp3) is 0.590. The number of thioether (sulfide) groups is 1. The van der Waals surface area contributed by atoms with Crippen LogP contribution >= 0.6 is 11.8 Å². The lowest BCUT2D eigenvalue weighted by molar-refractivity contribution is -0.133. The Bertz CT molecular complexity index is 1820. The molecular formula is C39H50FN7O5S. The molecular weight excluding hydrogens is 698 g/mol. The van der Waals surface area contributed by atoms with E-state index in [4.69, 9.17) is 9.47 Å². The number of ether oxygens (including phenoxy) is 2. The van der Waals surface area contributed by atoms with Crippen LogP contribution in [0, 0.1) is 11.7 Å². The lowest BCUT2D eigenvalue weighted by atomic mass is 9.98. The highest BCUT2D eigenvalue weighted by Crippen LogP contribution is 2.36. The van der Waals surface area contributed by atoms with Gasteiger partial charge < -0.3 is 29.6 Å². The number of amides is 2. The normalized spacial score (nSPS) is 24.8. The Morgan fingerprint density at radius 1 is 0.925 bits per heavy atom. The quantitative estimate of drug-likeness (QED) is 0.231. The average Bonchev–Trinajstić information content (AvgIpc) is 3.43. The topological polar surface area (TPSA) is 132 Å². The van der Waals surface area contributed by atoms with Crippen LogP contribution in [0.4, 0.5) is 15.8 Å². The first-order chi connectivity index (χ1) is 25.8. The van der Waals surface area contributed by atoms with Gasteiger partial charge in [-0.15, -0.1) is 0 Å². The van der Waals surface area contributed by atoms with Crippen LogP contribution in [0.5, 0.6) is 5.75 Å². The maximum atomic E-state index is 15.0. The maximum Gasteiger partial charge on any atom is 0.261 e. The van der Waals surface area contributed by atoms with Gasteiger partial charge in [0.1, 0.15) is 28.8 Å². The van der Waals surface area contributed by atoms with Crippen molar-refractivity contribution in [1.82, 2.24) is 25.1 Å². The predicted molar refractivity (Wildman–Crippen MR) is 204 cm³/mol. The number of nitrogens with one attached hydrogen (secondary N) is 3. The minimum absolute atomic E-state index is 0.0184. The molecule has 5 saturated heterocycles. The van der Waals surface area contributed by atoms with Crippen LogP contribution in [0.3, 0.4) is 0 Å². The van der Waals surface area contributed by atoms with Crippen molar-refractivity contribution in [1.29, 1.82) is 0 Å². The second kappa shape index (κ2) is 16.3. The highest BCUT2D eigenvalue weighted by Gasteiger charge is 2.40. The highest BCUT2D eigenvalue weighted by molar-refractivity contribution is 7.99. The smallest absolute Gasteiger partial charge is 0.261 e. The molecule has 5 fully saturated rings. The van der Waals surface area contributed by atoms with E-state index in [0.29, 0.717) is 65.5 Å². The summed E-state index contributed by atoms with van der Waals surface area (Å²) in [5.41, 5.74) is 2.02. The van der Waals surface area contributed by atoms with Crippen LogP contribution in [0.2, 0.25) is 0 Å². The van der Waals surface area contributed by atoms with Crippen molar-refractivity contribution in [3.8, 4) is 5.75 Å². The van der Waals surface area contributed by atoms with Crippen molar-refractivity contribution in [3.05, 3.63) is 58.4 Å². The van der Waals surface area contributed by atoms with Gasteiger partial charge >= 0.3 is 0 Å². The van der Waals surface area contributed by atoms with Gasteiger partial charge in [0.2, 0.25) is 11.8 Å². The Morgan fingerprint density at radius 3 is 2.40 bits per heavy atom. The van der Waals surface area contributed by atoms with Crippen LogP contribution < -0.4 is 25.8 Å². The number of piperidine rings is 2. The number of fused-ring (bicyclic) bond motifs is 3. The van der Waals surface area contributed by atoms with E-state index in [0.717, 1.165) is 83.9 Å². The molecule has 284 valence electrons. The summed E-state index contributed by atoms with van der Waals surface area (Å²) in [5, 5.41) is 6.15. The van der Waals surface area contributed by atoms with E-state index >= 15 is 4.39 Å². The Morgan fingerprint density at radius 2 is 1.66 bits per heavy atom. The van der Waals surface area contributed by atoms with E-state index in [1.165, 1.54) is 24.6 Å². The first-order valence-electron chi connectivity index (χ1n) is 19.3. The standard InChI is InChI=1S/C39H50FN7O5S/c40-32-19-30(20-34-37(32)39(50)43-35(42-34)24-53-31-11-17-51-18-12-31)52-23-25-9-13-45(14-10-25)15-16-46-21-28-5-6-29(22-46)47(28)27-3-1-26(2-4-27)41-33-7-8-36(48)44-38(33)49/h1-4,19-20,25,28-29,31,33,41H,5-18,21-24H2,(H,42,43,50)(H,44,48,49). The maximum absolute atomic E-state index is 15.0. The fourth-order valence-corrected chi connectivity index (χ4v) is 9.73. The summed E-state index contributed by atoms with van der Waals surface area (Å²) in [4.78, 5) is 51.5. The SMILES string of the molecule is O=C1CCC(Nc2ccc(N3C4CCC3CN(CCN3CCC(COc5cc(F)c6c(=O)[nH]c(CSC7CCOCC7)nc6c5)CC3)C4)cc2)C(=O)N1. The third-order valence-electron chi connectivity index (χ3n) is 11.6. The summed E-state index contributed by atoms with van der Waals surface area (Å²) >= 11 is 1.76. The summed E-state index contributed by atoms with van der Waals surface area (Å²) in [6.07, 6.45) is 7.33. The number of rotatable bonds is 12. The number of halogens is 1. The molecule has 2 amide bonds. The number of carbonyl (C=O) groups excluding carboxylic acids is 2. The average molecular weight is 748 g/mol. The van der Waals surface area contributed by atoms with Crippen LogP contribution in [-0.2, 0) is 20.1 Å². The van der Waals surface area contributed by atoms with Gasteiger partial charge in [-0.1, -0.05) is 0 Å². The van der Waals surface area contributed by atoms with Crippen LogP contribution in [0.1, 0.15) is 57.2 Å². The molecule has 2 aromatic carbocycles. The van der Waals surface area contributed by atoms with Crippen molar-refractivity contribution in [2.24, 2.45) is 5.92 Å². The summed E-state index contributed by atoms with van der Waals surface area (Å²) in [5.74, 6) is 0.895. The molecule has 5 aliphatic heterocycles. The largest absolute Gasteiger partial charge is 0.493 e. The Kier molecular flexibility index (Phi) is 11.2. The zero-order valence-corrected chi connectivity index (χ0v) is 31.0. The van der Waals surface area contributed by atoms with Crippen molar-refractivity contribution < 1.29 is 23.5 Å². The molecule has 6 heterocycles. The summed E-state index contributed by atoms with van der Waals surface area (Å²) < 4.78 is 26.6. The van der Waals surface area contributed by atoms with Gasteiger partial charge in [-0.2, -0.15) is 11.8 Å². The number of imide groups is 1. The molecule has 3 aromatic rings. The third-order valence-corrected chi connectivity index (χ3v) is 13.0. The molecule has 53 heavy (non-hydrogen) atoms. The monoisotopic (exact) mass is 747 g/mol. The number of aromatic nitrogens is 2. The van der Waals surface area contributed by atoms with Crippen LogP contribution in [0.15, 0.2) is 41.2 Å². The van der Waals surface area contributed by atoms with E-state index in [9.17, 15) is 14.4 Å². The zero-order chi connectivity index (χ0) is 36.3. The van der Waals surface area contributed by atoms with E-state index in [1.54, 1.807) is 17.8 Å². The van der Waals surface area contributed by atoms with Gasteiger partial charge in [-0.25, -0.2) is 9.37 Å². The summed E-state index contributed by atoms with van der Waals surface area (Å²) in [6.45, 7) is 8.35. The number of hydrogen-bond donors (Lipinski definition) is 3. The van der Waals surface area contributed by atoms with Gasteiger partial charge in [0.15, 0.2) is 0 Å². The number of anilines is 2. The van der Waals surface area contributed by atoms with Crippen LogP contribution in [-0.4, -0.2) is 114 Å². The molecule has 1 aromatic heterocycles. The molecule has 3 atom stereocenters. The lowest BCUT2D eigenvalue weighted by Crippen LogP contribution is -2.55. The van der Waals surface area contributed by atoms with E-state index in [2.05, 4.69) is 47.4 Å². The molecule has 2 bridgehead atoms. The second-order valence-electron chi connectivity index (χ2n) is 15.3. The minimum atomic E-state index is -0.601. The first kappa shape index (κ1) is 36.3. The van der Waals surface area contributed by atoms with Gasteiger partial charge in [-0.05, 0) is 88.2 Å². The van der Waals surface area contributed by atoms with Crippen molar-refractivity contribution >= 4 is 45.9 Å². The van der Waals surface area contributed by atoms with E-state index < -0.39 is 11.4 Å². The minimum Gasteiger partial charge on any atom is -0.493 e. The number of benzene rings is 2. The van der Waals surface area contributed by atoms with Crippen LogP contribution in [0.25, 0.3) is 10.9 Å². The zero-order valence-electron chi connectivity index (χ0n) is 30.2. The molecule has 5 aliphatic rings. The summed E-state index contributed by atoms with van der Waals surface area (Å²) in [7, 11) is 0. The Labute approximate surface area is 313 Å². The van der Waals surface area contributed by atoms with Gasteiger partial charge in [0.25, 0.3) is 5.56 Å². The number of piperazine rings is 1. The summed E-state index contributed by atoms with van der Waals surface area (Å²) in [6, 6.07) is 12.0. The second-order valence-corrected chi connectivity index (χ2v) is 16.6. The molecule has 14 heteroatoms. The van der Waals surface area contributed by atoms with Gasteiger partial charge in [0.05, 0.1) is 17.9 Å². The molecule has 0 spiro atoms.